The van der Waals surface area contributed by atoms with E-state index in [0.29, 0.717) is 12.0 Å². The normalized spacial score (nSPS) is 25.3. The Hall–Kier alpha value is -1.88. The van der Waals surface area contributed by atoms with Crippen molar-refractivity contribution >= 4 is 23.1 Å². The highest BCUT2D eigenvalue weighted by Crippen LogP contribution is 2.47. The van der Waals surface area contributed by atoms with Crippen LogP contribution >= 0.6 is 11.3 Å². The highest BCUT2D eigenvalue weighted by atomic mass is 32.1. The molecule has 1 N–H and O–H groups in total. The number of carbonyl (C=O) groups is 2. The zero-order valence-electron chi connectivity index (χ0n) is 17.7. The van der Waals surface area contributed by atoms with Gasteiger partial charge in [0.15, 0.2) is 5.78 Å². The molecule has 2 aliphatic carbocycles. The molecular weight excluding hydrogens is 382 g/mol. The second-order valence-electron chi connectivity index (χ2n) is 9.46. The lowest BCUT2D eigenvalue weighted by Gasteiger charge is -2.39. The molecular formula is C24H31NO3S. The summed E-state index contributed by atoms with van der Waals surface area (Å²) in [7, 11) is 0. The minimum absolute atomic E-state index is 0.00865. The quantitative estimate of drug-likeness (QED) is 0.516. The lowest BCUT2D eigenvalue weighted by atomic mass is 9.70. The van der Waals surface area contributed by atoms with Gasteiger partial charge in [-0.3, -0.25) is 4.79 Å². The second kappa shape index (κ2) is 8.10. The molecule has 3 aliphatic rings. The monoisotopic (exact) mass is 413 g/mol. The second-order valence-corrected chi connectivity index (χ2v) is 10.4. The summed E-state index contributed by atoms with van der Waals surface area (Å²) in [5.41, 5.74) is 3.12. The summed E-state index contributed by atoms with van der Waals surface area (Å²) < 4.78 is 6.00. The van der Waals surface area contributed by atoms with Gasteiger partial charge in [0.1, 0.15) is 6.10 Å². The van der Waals surface area contributed by atoms with E-state index in [0.717, 1.165) is 53.9 Å². The standard InChI is InChI=1S/C24H31NO3S/c1-15-20(23(27)28-16-9-6-4-5-7-10-16)22(19-11-8-12-29-19)21-17(25-15)13-24(2,3)14-18(21)26/h8,11-12,16,22,25H,4-7,9-10,13-14H2,1-3H3. The molecule has 0 spiro atoms. The number of ketones is 1. The van der Waals surface area contributed by atoms with Crippen molar-refractivity contribution < 1.29 is 14.3 Å². The van der Waals surface area contributed by atoms with Crippen molar-refractivity contribution in [2.75, 3.05) is 0 Å². The third-order valence-corrected chi connectivity index (χ3v) is 7.30. The van der Waals surface area contributed by atoms with Crippen LogP contribution in [0.5, 0.6) is 0 Å². The summed E-state index contributed by atoms with van der Waals surface area (Å²) in [5, 5.41) is 5.43. The third-order valence-electron chi connectivity index (χ3n) is 6.36. The van der Waals surface area contributed by atoms with Crippen LogP contribution in [0.2, 0.25) is 0 Å². The minimum atomic E-state index is -0.312. The van der Waals surface area contributed by atoms with E-state index in [4.69, 9.17) is 4.74 Å². The number of esters is 1. The van der Waals surface area contributed by atoms with Gasteiger partial charge in [0, 0.05) is 28.3 Å². The van der Waals surface area contributed by atoms with Crippen molar-refractivity contribution in [2.45, 2.75) is 84.2 Å². The summed E-state index contributed by atoms with van der Waals surface area (Å²) in [5.74, 6) is -0.424. The molecule has 4 rings (SSSR count). The number of hydrogen-bond donors (Lipinski definition) is 1. The zero-order chi connectivity index (χ0) is 20.6. The summed E-state index contributed by atoms with van der Waals surface area (Å²) >= 11 is 1.60. The van der Waals surface area contributed by atoms with Crippen molar-refractivity contribution in [3.63, 3.8) is 0 Å². The topological polar surface area (TPSA) is 55.4 Å². The minimum Gasteiger partial charge on any atom is -0.459 e. The summed E-state index contributed by atoms with van der Waals surface area (Å²) in [6.07, 6.45) is 7.87. The fourth-order valence-electron chi connectivity index (χ4n) is 5.02. The summed E-state index contributed by atoms with van der Waals surface area (Å²) in [6.45, 7) is 6.21. The molecule has 2 heterocycles. The molecule has 29 heavy (non-hydrogen) atoms. The Morgan fingerprint density at radius 2 is 1.90 bits per heavy atom. The number of thiophene rings is 1. The van der Waals surface area contributed by atoms with Crippen LogP contribution in [0, 0.1) is 5.41 Å². The molecule has 5 heteroatoms. The van der Waals surface area contributed by atoms with Gasteiger partial charge in [-0.1, -0.05) is 32.8 Å². The molecule has 1 unspecified atom stereocenters. The number of dihydropyridines is 1. The maximum atomic E-state index is 13.4. The molecule has 0 aromatic carbocycles. The molecule has 1 saturated carbocycles. The SMILES string of the molecule is CC1=C(C(=O)OC2CCCCCC2)C(c2cccs2)C2=C(CC(C)(C)CC2=O)N1. The lowest BCUT2D eigenvalue weighted by molar-refractivity contribution is -0.145. The molecule has 1 aliphatic heterocycles. The van der Waals surface area contributed by atoms with Crippen LogP contribution in [0.15, 0.2) is 40.1 Å². The zero-order valence-corrected chi connectivity index (χ0v) is 18.5. The van der Waals surface area contributed by atoms with Gasteiger partial charge in [0.2, 0.25) is 0 Å². The van der Waals surface area contributed by atoms with Crippen molar-refractivity contribution in [3.8, 4) is 0 Å². The van der Waals surface area contributed by atoms with E-state index in [1.807, 2.05) is 24.4 Å². The number of Topliss-reactive ketones (excluding diaryl/α,β-unsaturated/α-hetero) is 1. The van der Waals surface area contributed by atoms with Crippen molar-refractivity contribution in [1.29, 1.82) is 0 Å². The molecule has 0 bridgehead atoms. The van der Waals surface area contributed by atoms with Gasteiger partial charge >= 0.3 is 5.97 Å². The van der Waals surface area contributed by atoms with Crippen LogP contribution < -0.4 is 5.32 Å². The lowest BCUT2D eigenvalue weighted by Crippen LogP contribution is -2.39. The first-order valence-corrected chi connectivity index (χ1v) is 11.7. The third kappa shape index (κ3) is 4.20. The molecule has 0 amide bonds. The number of allylic oxidation sites excluding steroid dienone is 3. The van der Waals surface area contributed by atoms with Crippen LogP contribution in [-0.2, 0) is 14.3 Å². The predicted molar refractivity (Wildman–Crippen MR) is 116 cm³/mol. The summed E-state index contributed by atoms with van der Waals surface area (Å²) in [6, 6.07) is 4.02. The molecule has 0 radical (unpaired) electrons. The van der Waals surface area contributed by atoms with Gasteiger partial charge in [0.05, 0.1) is 11.5 Å². The van der Waals surface area contributed by atoms with Gasteiger partial charge in [-0.15, -0.1) is 11.3 Å². The van der Waals surface area contributed by atoms with Crippen molar-refractivity contribution in [3.05, 3.63) is 44.9 Å². The first kappa shape index (κ1) is 20.4. The first-order valence-electron chi connectivity index (χ1n) is 10.8. The Bertz CT molecular complexity index is 855. The Kier molecular flexibility index (Phi) is 5.69. The highest BCUT2D eigenvalue weighted by Gasteiger charge is 2.43. The Morgan fingerprint density at radius 3 is 2.55 bits per heavy atom. The number of hydrogen-bond acceptors (Lipinski definition) is 5. The van der Waals surface area contributed by atoms with Crippen LogP contribution in [0.4, 0.5) is 0 Å². The number of ether oxygens (including phenoxy) is 1. The summed E-state index contributed by atoms with van der Waals surface area (Å²) in [4.78, 5) is 27.6. The van der Waals surface area contributed by atoms with E-state index in [1.165, 1.54) is 12.8 Å². The van der Waals surface area contributed by atoms with Crippen LogP contribution in [0.3, 0.4) is 0 Å². The van der Waals surface area contributed by atoms with Crippen molar-refractivity contribution in [1.82, 2.24) is 5.32 Å². The average molecular weight is 414 g/mol. The highest BCUT2D eigenvalue weighted by molar-refractivity contribution is 7.10. The number of nitrogens with one attached hydrogen (secondary N) is 1. The molecule has 156 valence electrons. The van der Waals surface area contributed by atoms with Crippen LogP contribution in [0.1, 0.15) is 82.9 Å². The fourth-order valence-corrected chi connectivity index (χ4v) is 5.86. The van der Waals surface area contributed by atoms with E-state index >= 15 is 0 Å². The maximum absolute atomic E-state index is 13.4. The molecule has 0 saturated heterocycles. The van der Waals surface area contributed by atoms with E-state index in [2.05, 4.69) is 19.2 Å². The predicted octanol–water partition coefficient (Wildman–Crippen LogP) is 5.62. The molecule has 1 atom stereocenters. The average Bonchev–Trinajstić information content (AvgIpc) is 3.04. The van der Waals surface area contributed by atoms with E-state index in [-0.39, 0.29) is 29.2 Å². The van der Waals surface area contributed by atoms with Crippen LogP contribution in [0.25, 0.3) is 0 Å². The molecule has 4 nitrogen and oxygen atoms in total. The Labute approximate surface area is 177 Å². The fraction of sp³-hybridized carbons (Fsp3) is 0.583. The molecule has 1 aromatic rings. The van der Waals surface area contributed by atoms with E-state index in [9.17, 15) is 9.59 Å². The Morgan fingerprint density at radius 1 is 1.17 bits per heavy atom. The Balaban J connectivity index is 1.69. The van der Waals surface area contributed by atoms with Gasteiger partial charge in [-0.2, -0.15) is 0 Å². The largest absolute Gasteiger partial charge is 0.459 e. The maximum Gasteiger partial charge on any atom is 0.337 e. The van der Waals surface area contributed by atoms with Gasteiger partial charge < -0.3 is 10.1 Å². The molecule has 1 aromatic heterocycles. The molecule has 1 fully saturated rings. The van der Waals surface area contributed by atoms with Gasteiger partial charge in [-0.05, 0) is 55.9 Å². The van der Waals surface area contributed by atoms with E-state index in [1.54, 1.807) is 11.3 Å². The van der Waals surface area contributed by atoms with Gasteiger partial charge in [0.25, 0.3) is 0 Å². The van der Waals surface area contributed by atoms with Gasteiger partial charge in [-0.25, -0.2) is 4.79 Å². The van der Waals surface area contributed by atoms with Crippen molar-refractivity contribution in [2.24, 2.45) is 5.41 Å². The smallest absolute Gasteiger partial charge is 0.337 e. The number of carbonyl (C=O) groups excluding carboxylic acids is 2. The first-order chi connectivity index (χ1) is 13.9. The van der Waals surface area contributed by atoms with E-state index < -0.39 is 0 Å². The van der Waals surface area contributed by atoms with Crippen LogP contribution in [-0.4, -0.2) is 17.9 Å². The number of rotatable bonds is 3.